The lowest BCUT2D eigenvalue weighted by Crippen LogP contribution is -2.12. The lowest BCUT2D eigenvalue weighted by molar-refractivity contribution is 0.888. The Labute approximate surface area is 154 Å². The summed E-state index contributed by atoms with van der Waals surface area (Å²) < 4.78 is 0. The van der Waals surface area contributed by atoms with Gasteiger partial charge in [0, 0.05) is 23.9 Å². The highest BCUT2D eigenvalue weighted by Gasteiger charge is 2.09. The van der Waals surface area contributed by atoms with Crippen LogP contribution in [0.4, 0.5) is 0 Å². The van der Waals surface area contributed by atoms with Crippen molar-refractivity contribution < 1.29 is 0 Å². The van der Waals surface area contributed by atoms with E-state index in [0.717, 1.165) is 38.8 Å². The van der Waals surface area contributed by atoms with Gasteiger partial charge in [0.05, 0.1) is 17.4 Å². The summed E-state index contributed by atoms with van der Waals surface area (Å²) in [6.45, 7) is 1.76. The highest BCUT2D eigenvalue weighted by atomic mass is 14.9. The first kappa shape index (κ1) is 16.6. The zero-order chi connectivity index (χ0) is 17.6. The third-order valence-electron chi connectivity index (χ3n) is 4.91. The smallest absolute Gasteiger partial charge is 0.0824 e. The van der Waals surface area contributed by atoms with Gasteiger partial charge in [-0.2, -0.15) is 0 Å². The molecule has 3 heteroatoms. The van der Waals surface area contributed by atoms with E-state index in [1.807, 2.05) is 6.34 Å². The van der Waals surface area contributed by atoms with Gasteiger partial charge in [0.1, 0.15) is 0 Å². The summed E-state index contributed by atoms with van der Waals surface area (Å²) in [5, 5.41) is 5.90. The van der Waals surface area contributed by atoms with E-state index < -0.39 is 0 Å². The topological polar surface area (TPSA) is 40.2 Å². The van der Waals surface area contributed by atoms with Crippen LogP contribution in [0.15, 0.2) is 65.7 Å². The number of aromatic nitrogens is 1. The molecular formula is C23H25N3. The quantitative estimate of drug-likeness (QED) is 0.558. The summed E-state index contributed by atoms with van der Waals surface area (Å²) in [7, 11) is 0. The molecule has 26 heavy (non-hydrogen) atoms. The average molecular weight is 343 g/mol. The number of benzene rings is 2. The minimum Gasteiger partial charge on any atom is -0.376 e. The van der Waals surface area contributed by atoms with Gasteiger partial charge in [0.25, 0.3) is 0 Å². The van der Waals surface area contributed by atoms with E-state index in [9.17, 15) is 0 Å². The minimum atomic E-state index is 0.833. The summed E-state index contributed by atoms with van der Waals surface area (Å²) in [6.07, 6.45) is 14.7. The van der Waals surface area contributed by atoms with E-state index >= 15 is 0 Å². The second-order valence-corrected chi connectivity index (χ2v) is 6.72. The second-order valence-electron chi connectivity index (χ2n) is 6.72. The maximum Gasteiger partial charge on any atom is 0.0824 e. The van der Waals surface area contributed by atoms with E-state index in [0.29, 0.717) is 0 Å². The van der Waals surface area contributed by atoms with E-state index in [1.54, 1.807) is 0 Å². The van der Waals surface area contributed by atoms with Gasteiger partial charge >= 0.3 is 0 Å². The maximum absolute atomic E-state index is 4.40. The fourth-order valence-electron chi connectivity index (χ4n) is 3.58. The largest absolute Gasteiger partial charge is 0.376 e. The predicted octanol–water partition coefficient (Wildman–Crippen LogP) is 4.93. The summed E-state index contributed by atoms with van der Waals surface area (Å²) >= 11 is 0. The number of aromatic amines is 1. The number of fused-ring (bicyclic) bond motifs is 1. The molecule has 0 amide bonds. The number of allylic oxidation sites excluding steroid dienone is 2. The SMILES string of the molecule is C1=C\Cc2cccc3c2[nH]c2c(cccc23)C/C=C\CCN/C=N/CC/1. The number of aliphatic imine (C=N–C) groups is 1. The minimum absolute atomic E-state index is 0.833. The number of hydrogen-bond donors (Lipinski definition) is 2. The van der Waals surface area contributed by atoms with Crippen LogP contribution in [0.25, 0.3) is 21.8 Å². The van der Waals surface area contributed by atoms with E-state index in [2.05, 4.69) is 76.0 Å². The molecule has 0 saturated carbocycles. The van der Waals surface area contributed by atoms with Gasteiger partial charge in [-0.25, -0.2) is 0 Å². The number of hydrogen-bond acceptors (Lipinski definition) is 2. The van der Waals surface area contributed by atoms with Crippen LogP contribution >= 0.6 is 0 Å². The number of nitrogens with zero attached hydrogens (tertiary/aromatic N) is 1. The van der Waals surface area contributed by atoms with E-state index in [4.69, 9.17) is 0 Å². The lowest BCUT2D eigenvalue weighted by Gasteiger charge is -2.00. The number of para-hydroxylation sites is 2. The molecule has 3 nitrogen and oxygen atoms in total. The van der Waals surface area contributed by atoms with Crippen LogP contribution in [0.2, 0.25) is 0 Å². The molecule has 0 spiro atoms. The van der Waals surface area contributed by atoms with Crippen molar-refractivity contribution in [1.82, 2.24) is 10.3 Å². The number of rotatable bonds is 0. The molecule has 0 saturated heterocycles. The fraction of sp³-hybridized carbons (Fsp3) is 0.261. The number of nitrogens with one attached hydrogen (secondary N) is 2. The Morgan fingerprint density at radius 1 is 0.731 bits per heavy atom. The van der Waals surface area contributed by atoms with Gasteiger partial charge < -0.3 is 10.3 Å². The van der Waals surface area contributed by atoms with Crippen LogP contribution in [-0.2, 0) is 12.8 Å². The van der Waals surface area contributed by atoms with Crippen molar-refractivity contribution in [1.29, 1.82) is 0 Å². The zero-order valence-electron chi connectivity index (χ0n) is 15.0. The number of H-pyrrole nitrogens is 1. The Morgan fingerprint density at radius 3 is 2.08 bits per heavy atom. The molecule has 2 bridgehead atoms. The van der Waals surface area contributed by atoms with Crippen molar-refractivity contribution in [3.05, 3.63) is 71.8 Å². The molecule has 1 aliphatic heterocycles. The van der Waals surface area contributed by atoms with Crippen LogP contribution in [0, 0.1) is 0 Å². The normalized spacial score (nSPS) is 19.8. The summed E-state index contributed by atoms with van der Waals surface area (Å²) in [5.74, 6) is 0. The molecule has 1 aromatic heterocycles. The summed E-state index contributed by atoms with van der Waals surface area (Å²) in [5.41, 5.74) is 5.25. The van der Waals surface area contributed by atoms with Gasteiger partial charge in [0.2, 0.25) is 0 Å². The first-order valence-corrected chi connectivity index (χ1v) is 9.46. The van der Waals surface area contributed by atoms with Crippen molar-refractivity contribution >= 4 is 28.1 Å². The second kappa shape index (κ2) is 8.05. The van der Waals surface area contributed by atoms with Crippen molar-refractivity contribution in [3.8, 4) is 0 Å². The molecule has 132 valence electrons. The third-order valence-corrected chi connectivity index (χ3v) is 4.91. The van der Waals surface area contributed by atoms with Crippen LogP contribution in [0.3, 0.4) is 0 Å². The molecular weight excluding hydrogens is 318 g/mol. The molecule has 3 aromatic rings. The Bertz CT molecular complexity index is 976. The van der Waals surface area contributed by atoms with E-state index in [-0.39, 0.29) is 0 Å². The van der Waals surface area contributed by atoms with Crippen LogP contribution in [-0.4, -0.2) is 24.4 Å². The van der Waals surface area contributed by atoms with Crippen molar-refractivity contribution in [2.75, 3.05) is 13.1 Å². The van der Waals surface area contributed by atoms with Crippen LogP contribution in [0.5, 0.6) is 0 Å². The van der Waals surface area contributed by atoms with Crippen molar-refractivity contribution in [2.24, 2.45) is 4.99 Å². The van der Waals surface area contributed by atoms with Crippen molar-refractivity contribution in [3.63, 3.8) is 0 Å². The maximum atomic E-state index is 4.40. The Morgan fingerprint density at radius 2 is 1.38 bits per heavy atom. The fourth-order valence-corrected chi connectivity index (χ4v) is 3.58. The van der Waals surface area contributed by atoms with Gasteiger partial charge in [-0.1, -0.05) is 60.7 Å². The molecule has 2 N–H and O–H groups in total. The van der Waals surface area contributed by atoms with Gasteiger partial charge in [-0.3, -0.25) is 4.99 Å². The highest BCUT2D eigenvalue weighted by molar-refractivity contribution is 6.09. The molecule has 4 rings (SSSR count). The first-order chi connectivity index (χ1) is 12.9. The molecule has 1 aliphatic rings. The van der Waals surface area contributed by atoms with Gasteiger partial charge in [-0.15, -0.1) is 0 Å². The molecule has 2 heterocycles. The first-order valence-electron chi connectivity index (χ1n) is 9.46. The van der Waals surface area contributed by atoms with Gasteiger partial charge in [-0.05, 0) is 36.8 Å². The van der Waals surface area contributed by atoms with Crippen LogP contribution < -0.4 is 5.32 Å². The molecule has 0 aliphatic carbocycles. The Hall–Kier alpha value is -2.81. The Balaban J connectivity index is 1.75. The third kappa shape index (κ3) is 3.57. The summed E-state index contributed by atoms with van der Waals surface area (Å²) in [6, 6.07) is 13.2. The van der Waals surface area contributed by atoms with Gasteiger partial charge in [0.15, 0.2) is 0 Å². The molecule has 0 radical (unpaired) electrons. The predicted molar refractivity (Wildman–Crippen MR) is 112 cm³/mol. The standard InChI is InChI=1S/C23H25N3/c1-3-9-18-11-7-13-20-21-14-8-12-19(23(21)26-22(18)20)10-4-2-6-16-25-17-24-15-5-1/h1-4,7-8,11-14,17,26H,5-6,9-10,15-16H2,(H,24,25)/b3-1-,4-2-. The highest BCUT2D eigenvalue weighted by Crippen LogP contribution is 2.30. The monoisotopic (exact) mass is 343 g/mol. The van der Waals surface area contributed by atoms with Crippen molar-refractivity contribution in [2.45, 2.75) is 25.7 Å². The summed E-state index contributed by atoms with van der Waals surface area (Å²) in [4.78, 5) is 8.11. The lowest BCUT2D eigenvalue weighted by atomic mass is 10.0. The molecule has 2 aromatic carbocycles. The average Bonchev–Trinajstić information content (AvgIpc) is 3.05. The van der Waals surface area contributed by atoms with E-state index in [1.165, 1.54) is 32.9 Å². The molecule has 0 atom stereocenters. The molecule has 0 fully saturated rings. The Kier molecular flexibility index (Phi) is 5.15. The molecule has 0 unspecified atom stereocenters. The zero-order valence-corrected chi connectivity index (χ0v) is 15.0. The van der Waals surface area contributed by atoms with Crippen LogP contribution in [0.1, 0.15) is 24.0 Å².